The van der Waals surface area contributed by atoms with Crippen molar-refractivity contribution < 1.29 is 9.18 Å². The SMILES string of the molecule is CCCn1ccc(=O)n(CC(=O)c2ccccc2F)c1=O. The fourth-order valence-electron chi connectivity index (χ4n) is 2.03. The Bertz CT molecular complexity index is 777. The Hall–Kier alpha value is -2.50. The van der Waals surface area contributed by atoms with Crippen LogP contribution in [0.4, 0.5) is 4.39 Å². The Morgan fingerprint density at radius 3 is 2.57 bits per heavy atom. The highest BCUT2D eigenvalue weighted by Gasteiger charge is 2.14. The number of aromatic nitrogens is 2. The number of hydrogen-bond acceptors (Lipinski definition) is 3. The summed E-state index contributed by atoms with van der Waals surface area (Å²) < 4.78 is 15.7. The van der Waals surface area contributed by atoms with Crippen LogP contribution in [0.15, 0.2) is 46.1 Å². The minimum absolute atomic E-state index is 0.130. The first-order valence-corrected chi connectivity index (χ1v) is 6.62. The number of ketones is 1. The van der Waals surface area contributed by atoms with Crippen LogP contribution in [0.25, 0.3) is 0 Å². The number of benzene rings is 1. The average Bonchev–Trinajstić information content (AvgIpc) is 2.47. The van der Waals surface area contributed by atoms with Gasteiger partial charge in [0, 0.05) is 18.8 Å². The Kier molecular flexibility index (Phi) is 4.47. The second kappa shape index (κ2) is 6.30. The van der Waals surface area contributed by atoms with Gasteiger partial charge in [-0.1, -0.05) is 19.1 Å². The molecule has 6 heteroatoms. The summed E-state index contributed by atoms with van der Waals surface area (Å²) in [7, 11) is 0. The van der Waals surface area contributed by atoms with Gasteiger partial charge in [0.15, 0.2) is 5.78 Å². The predicted molar refractivity (Wildman–Crippen MR) is 76.0 cm³/mol. The van der Waals surface area contributed by atoms with Gasteiger partial charge in [-0.25, -0.2) is 9.18 Å². The van der Waals surface area contributed by atoms with Crippen LogP contribution < -0.4 is 11.2 Å². The molecule has 21 heavy (non-hydrogen) atoms. The normalized spacial score (nSPS) is 10.6. The maximum Gasteiger partial charge on any atom is 0.331 e. The Morgan fingerprint density at radius 1 is 1.19 bits per heavy atom. The molecule has 0 aliphatic rings. The summed E-state index contributed by atoms with van der Waals surface area (Å²) in [5, 5.41) is 0. The summed E-state index contributed by atoms with van der Waals surface area (Å²) in [4.78, 5) is 35.9. The van der Waals surface area contributed by atoms with E-state index in [0.29, 0.717) is 6.54 Å². The molecule has 0 unspecified atom stereocenters. The number of nitrogens with zero attached hydrogens (tertiary/aromatic N) is 2. The number of carbonyl (C=O) groups is 1. The molecule has 0 N–H and O–H groups in total. The topological polar surface area (TPSA) is 61.1 Å². The molecule has 5 nitrogen and oxygen atoms in total. The highest BCUT2D eigenvalue weighted by Crippen LogP contribution is 2.07. The predicted octanol–water partition coefficient (Wildman–Crippen LogP) is 1.44. The molecule has 0 aliphatic heterocycles. The van der Waals surface area contributed by atoms with E-state index in [9.17, 15) is 18.8 Å². The van der Waals surface area contributed by atoms with Crippen LogP contribution in [0, 0.1) is 5.82 Å². The molecule has 0 radical (unpaired) electrons. The van der Waals surface area contributed by atoms with Crippen molar-refractivity contribution in [3.05, 3.63) is 68.7 Å². The Balaban J connectivity index is 2.38. The minimum Gasteiger partial charge on any atom is -0.300 e. The molecular weight excluding hydrogens is 275 g/mol. The summed E-state index contributed by atoms with van der Waals surface area (Å²) in [6, 6.07) is 6.72. The largest absolute Gasteiger partial charge is 0.331 e. The molecule has 0 atom stereocenters. The smallest absolute Gasteiger partial charge is 0.300 e. The molecular formula is C15H15FN2O3. The van der Waals surface area contributed by atoms with E-state index >= 15 is 0 Å². The van der Waals surface area contributed by atoms with Gasteiger partial charge in [0.2, 0.25) is 0 Å². The molecule has 0 spiro atoms. The molecule has 0 saturated carbocycles. The second-order valence-electron chi connectivity index (χ2n) is 4.62. The molecule has 0 bridgehead atoms. The van der Waals surface area contributed by atoms with Crippen molar-refractivity contribution in [1.29, 1.82) is 0 Å². The van der Waals surface area contributed by atoms with E-state index in [1.54, 1.807) is 0 Å². The lowest BCUT2D eigenvalue weighted by molar-refractivity contribution is 0.0964. The fraction of sp³-hybridized carbons (Fsp3) is 0.267. The van der Waals surface area contributed by atoms with Gasteiger partial charge < -0.3 is 4.57 Å². The summed E-state index contributed by atoms with van der Waals surface area (Å²) in [6.07, 6.45) is 2.12. The van der Waals surface area contributed by atoms with Crippen molar-refractivity contribution in [2.24, 2.45) is 0 Å². The fourth-order valence-corrected chi connectivity index (χ4v) is 2.03. The second-order valence-corrected chi connectivity index (χ2v) is 4.62. The third-order valence-electron chi connectivity index (χ3n) is 3.08. The van der Waals surface area contributed by atoms with E-state index in [-0.39, 0.29) is 5.56 Å². The summed E-state index contributed by atoms with van der Waals surface area (Å²) >= 11 is 0. The third-order valence-corrected chi connectivity index (χ3v) is 3.08. The standard InChI is InChI=1S/C15H15FN2O3/c1-2-8-17-9-7-14(20)18(15(17)21)10-13(19)11-5-3-4-6-12(11)16/h3-7,9H,2,8,10H2,1H3. The number of carbonyl (C=O) groups excluding carboxylic acids is 1. The first kappa shape index (κ1) is 14.9. The monoisotopic (exact) mass is 290 g/mol. The molecule has 1 aromatic heterocycles. The minimum atomic E-state index is -0.666. The van der Waals surface area contributed by atoms with E-state index in [4.69, 9.17) is 0 Å². The summed E-state index contributed by atoms with van der Waals surface area (Å²) in [6.45, 7) is 1.88. The molecule has 0 saturated heterocycles. The lowest BCUT2D eigenvalue weighted by Crippen LogP contribution is -2.40. The van der Waals surface area contributed by atoms with Gasteiger partial charge in [0.1, 0.15) is 5.82 Å². The van der Waals surface area contributed by atoms with Gasteiger partial charge in [-0.3, -0.25) is 14.2 Å². The zero-order chi connectivity index (χ0) is 15.4. The van der Waals surface area contributed by atoms with Crippen LogP contribution in [-0.2, 0) is 13.1 Å². The van der Waals surface area contributed by atoms with Crippen LogP contribution in [0.5, 0.6) is 0 Å². The maximum absolute atomic E-state index is 13.6. The Morgan fingerprint density at radius 2 is 1.90 bits per heavy atom. The molecule has 0 aliphatic carbocycles. The number of rotatable bonds is 5. The van der Waals surface area contributed by atoms with Gasteiger partial charge in [0.05, 0.1) is 12.1 Å². The zero-order valence-electron chi connectivity index (χ0n) is 11.6. The number of hydrogen-bond donors (Lipinski definition) is 0. The van der Waals surface area contributed by atoms with Gasteiger partial charge in [0.25, 0.3) is 5.56 Å². The zero-order valence-corrected chi connectivity index (χ0v) is 11.6. The van der Waals surface area contributed by atoms with Crippen molar-refractivity contribution in [2.75, 3.05) is 0 Å². The van der Waals surface area contributed by atoms with E-state index in [0.717, 1.165) is 17.1 Å². The van der Waals surface area contributed by atoms with Crippen molar-refractivity contribution in [2.45, 2.75) is 26.4 Å². The molecule has 0 fully saturated rings. The molecule has 110 valence electrons. The molecule has 2 aromatic rings. The van der Waals surface area contributed by atoms with Crippen molar-refractivity contribution in [1.82, 2.24) is 9.13 Å². The van der Waals surface area contributed by atoms with Gasteiger partial charge >= 0.3 is 5.69 Å². The lowest BCUT2D eigenvalue weighted by atomic mass is 10.1. The number of Topliss-reactive ketones (excluding diaryl/α,β-unsaturated/α-hetero) is 1. The number of aryl methyl sites for hydroxylation is 1. The molecule has 2 rings (SSSR count). The van der Waals surface area contributed by atoms with Crippen LogP contribution in [0.2, 0.25) is 0 Å². The van der Waals surface area contributed by atoms with Crippen LogP contribution in [-0.4, -0.2) is 14.9 Å². The summed E-state index contributed by atoms with van der Waals surface area (Å²) in [5.74, 6) is -1.28. The highest BCUT2D eigenvalue weighted by atomic mass is 19.1. The van der Waals surface area contributed by atoms with Gasteiger partial charge in [-0.05, 0) is 18.6 Å². The van der Waals surface area contributed by atoms with Crippen LogP contribution in [0.3, 0.4) is 0 Å². The van der Waals surface area contributed by atoms with Gasteiger partial charge in [-0.15, -0.1) is 0 Å². The van der Waals surface area contributed by atoms with Crippen LogP contribution in [0.1, 0.15) is 23.7 Å². The molecule has 1 aromatic carbocycles. The number of halogens is 1. The maximum atomic E-state index is 13.6. The first-order valence-electron chi connectivity index (χ1n) is 6.62. The quantitative estimate of drug-likeness (QED) is 0.783. The van der Waals surface area contributed by atoms with E-state index < -0.39 is 29.4 Å². The molecule has 0 amide bonds. The van der Waals surface area contributed by atoms with Crippen molar-refractivity contribution in [3.63, 3.8) is 0 Å². The highest BCUT2D eigenvalue weighted by molar-refractivity contribution is 5.96. The Labute approximate surface area is 120 Å². The van der Waals surface area contributed by atoms with E-state index in [2.05, 4.69) is 0 Å². The van der Waals surface area contributed by atoms with Crippen molar-refractivity contribution in [3.8, 4) is 0 Å². The lowest BCUT2D eigenvalue weighted by Gasteiger charge is -2.08. The third kappa shape index (κ3) is 3.16. The molecule has 1 heterocycles. The van der Waals surface area contributed by atoms with Crippen LogP contribution >= 0.6 is 0 Å². The van der Waals surface area contributed by atoms with Crippen molar-refractivity contribution >= 4 is 5.78 Å². The van der Waals surface area contributed by atoms with E-state index in [1.165, 1.54) is 35.0 Å². The summed E-state index contributed by atoms with van der Waals surface area (Å²) in [5.41, 5.74) is -1.26. The van der Waals surface area contributed by atoms with Gasteiger partial charge in [-0.2, -0.15) is 0 Å². The van der Waals surface area contributed by atoms with E-state index in [1.807, 2.05) is 6.92 Å². The first-order chi connectivity index (χ1) is 10.0. The average molecular weight is 290 g/mol.